The molecule has 98 valence electrons. The number of rotatable bonds is 7. The summed E-state index contributed by atoms with van der Waals surface area (Å²) in [6, 6.07) is 3.72. The first-order valence-electron chi connectivity index (χ1n) is 6.14. The van der Waals surface area contributed by atoms with Gasteiger partial charge in [-0.15, -0.1) is 0 Å². The molecule has 1 heterocycles. The van der Waals surface area contributed by atoms with Crippen LogP contribution in [0.1, 0.15) is 33.1 Å². The van der Waals surface area contributed by atoms with E-state index in [-0.39, 0.29) is 5.75 Å². The molecule has 1 aromatic rings. The van der Waals surface area contributed by atoms with Crippen molar-refractivity contribution in [2.24, 2.45) is 7.05 Å². The lowest BCUT2D eigenvalue weighted by Crippen LogP contribution is -2.35. The lowest BCUT2D eigenvalue weighted by atomic mass is 10.3. The van der Waals surface area contributed by atoms with Gasteiger partial charge in [0.2, 0.25) is 10.0 Å². The number of aromatic nitrogens is 1. The van der Waals surface area contributed by atoms with Gasteiger partial charge in [-0.05, 0) is 25.0 Å². The van der Waals surface area contributed by atoms with Gasteiger partial charge in [-0.2, -0.15) is 0 Å². The van der Waals surface area contributed by atoms with Crippen molar-refractivity contribution in [1.82, 2.24) is 4.57 Å². The van der Waals surface area contributed by atoms with Gasteiger partial charge in [0.1, 0.15) is 5.82 Å². The van der Waals surface area contributed by atoms with E-state index in [1.54, 1.807) is 4.31 Å². The van der Waals surface area contributed by atoms with Crippen molar-refractivity contribution in [3.8, 4) is 0 Å². The van der Waals surface area contributed by atoms with E-state index in [4.69, 9.17) is 0 Å². The van der Waals surface area contributed by atoms with Crippen LogP contribution in [0.5, 0.6) is 0 Å². The molecule has 1 aromatic heterocycles. The molecule has 0 fully saturated rings. The van der Waals surface area contributed by atoms with Gasteiger partial charge in [0.05, 0.1) is 5.75 Å². The highest BCUT2D eigenvalue weighted by Gasteiger charge is 2.22. The molecule has 1 rings (SSSR count). The van der Waals surface area contributed by atoms with Gasteiger partial charge in [0, 0.05) is 19.8 Å². The zero-order valence-corrected chi connectivity index (χ0v) is 11.7. The number of unbranched alkanes of at least 4 members (excludes halogenated alkanes) is 1. The van der Waals surface area contributed by atoms with Gasteiger partial charge in [-0.1, -0.05) is 20.3 Å². The average molecular weight is 258 g/mol. The van der Waals surface area contributed by atoms with Crippen molar-refractivity contribution in [1.29, 1.82) is 0 Å². The fourth-order valence-corrected chi connectivity index (χ4v) is 3.40. The van der Waals surface area contributed by atoms with Crippen LogP contribution in [0.4, 0.5) is 5.82 Å². The maximum absolute atomic E-state index is 12.2. The van der Waals surface area contributed by atoms with Crippen LogP contribution < -0.4 is 4.31 Å². The Hall–Kier alpha value is -0.970. The van der Waals surface area contributed by atoms with E-state index in [0.717, 1.165) is 18.7 Å². The smallest absolute Gasteiger partial charge is 0.236 e. The molecule has 0 aromatic carbocycles. The van der Waals surface area contributed by atoms with Gasteiger partial charge in [-0.25, -0.2) is 8.42 Å². The predicted molar refractivity (Wildman–Crippen MR) is 71.7 cm³/mol. The second kappa shape index (κ2) is 6.10. The zero-order valence-electron chi connectivity index (χ0n) is 10.9. The van der Waals surface area contributed by atoms with Gasteiger partial charge in [-0.3, -0.25) is 4.31 Å². The molecule has 0 aliphatic carbocycles. The van der Waals surface area contributed by atoms with E-state index >= 15 is 0 Å². The van der Waals surface area contributed by atoms with Crippen LogP contribution in [0, 0.1) is 0 Å². The first kappa shape index (κ1) is 14.1. The van der Waals surface area contributed by atoms with Crippen LogP contribution >= 0.6 is 0 Å². The number of aryl methyl sites for hydroxylation is 1. The third-order valence-corrected chi connectivity index (χ3v) is 4.65. The Morgan fingerprint density at radius 1 is 1.29 bits per heavy atom. The van der Waals surface area contributed by atoms with Gasteiger partial charge in [0.25, 0.3) is 0 Å². The van der Waals surface area contributed by atoms with Crippen molar-refractivity contribution in [3.63, 3.8) is 0 Å². The quantitative estimate of drug-likeness (QED) is 0.753. The number of nitrogens with zero attached hydrogens (tertiary/aromatic N) is 2. The van der Waals surface area contributed by atoms with Crippen LogP contribution in [0.15, 0.2) is 18.3 Å². The van der Waals surface area contributed by atoms with E-state index < -0.39 is 10.0 Å². The van der Waals surface area contributed by atoms with E-state index in [2.05, 4.69) is 6.92 Å². The highest BCUT2D eigenvalue weighted by molar-refractivity contribution is 7.92. The Bertz CT molecular complexity index is 437. The van der Waals surface area contributed by atoms with Crippen molar-refractivity contribution >= 4 is 15.8 Å². The Morgan fingerprint density at radius 3 is 2.47 bits per heavy atom. The molecule has 0 spiro atoms. The van der Waals surface area contributed by atoms with E-state index in [0.29, 0.717) is 13.0 Å². The summed E-state index contributed by atoms with van der Waals surface area (Å²) >= 11 is 0. The molecule has 0 atom stereocenters. The Morgan fingerprint density at radius 2 is 2.00 bits per heavy atom. The van der Waals surface area contributed by atoms with Gasteiger partial charge < -0.3 is 4.57 Å². The lowest BCUT2D eigenvalue weighted by molar-refractivity contribution is 0.585. The van der Waals surface area contributed by atoms with Crippen molar-refractivity contribution in [2.45, 2.75) is 33.1 Å². The monoisotopic (exact) mass is 258 g/mol. The lowest BCUT2D eigenvalue weighted by Gasteiger charge is -2.24. The predicted octanol–water partition coefficient (Wildman–Crippen LogP) is 2.37. The molecule has 0 radical (unpaired) electrons. The minimum atomic E-state index is -3.18. The van der Waals surface area contributed by atoms with Crippen molar-refractivity contribution < 1.29 is 8.42 Å². The summed E-state index contributed by atoms with van der Waals surface area (Å²) < 4.78 is 27.8. The molecule has 0 amide bonds. The summed E-state index contributed by atoms with van der Waals surface area (Å²) in [5.74, 6) is 0.967. The number of hydrogen-bond donors (Lipinski definition) is 0. The number of anilines is 1. The molecule has 0 saturated carbocycles. The second-order valence-electron chi connectivity index (χ2n) is 4.22. The summed E-state index contributed by atoms with van der Waals surface area (Å²) in [4.78, 5) is 0. The Kier molecular flexibility index (Phi) is 5.05. The summed E-state index contributed by atoms with van der Waals surface area (Å²) in [7, 11) is -1.31. The molecule has 17 heavy (non-hydrogen) atoms. The third kappa shape index (κ3) is 3.49. The fraction of sp³-hybridized carbons (Fsp3) is 0.667. The largest absolute Gasteiger partial charge is 0.337 e. The topological polar surface area (TPSA) is 42.3 Å². The minimum Gasteiger partial charge on any atom is -0.337 e. The molecule has 0 unspecified atom stereocenters. The van der Waals surface area contributed by atoms with Crippen LogP contribution in [0.25, 0.3) is 0 Å². The molecule has 4 nitrogen and oxygen atoms in total. The van der Waals surface area contributed by atoms with Crippen LogP contribution in [0.2, 0.25) is 0 Å². The Labute approximate surface area is 104 Å². The van der Waals surface area contributed by atoms with Crippen LogP contribution in [0.3, 0.4) is 0 Å². The molecule has 0 N–H and O–H groups in total. The van der Waals surface area contributed by atoms with E-state index in [1.807, 2.05) is 36.9 Å². The Balaban J connectivity index is 3.00. The fourth-order valence-electron chi connectivity index (χ4n) is 1.78. The number of hydrogen-bond acceptors (Lipinski definition) is 2. The molecule has 0 aliphatic rings. The van der Waals surface area contributed by atoms with E-state index in [9.17, 15) is 8.42 Å². The molecular formula is C12H22N2O2S. The first-order chi connectivity index (χ1) is 8.03. The van der Waals surface area contributed by atoms with Gasteiger partial charge >= 0.3 is 0 Å². The highest BCUT2D eigenvalue weighted by Crippen LogP contribution is 2.19. The second-order valence-corrected chi connectivity index (χ2v) is 6.23. The molecule has 0 aliphatic heterocycles. The summed E-state index contributed by atoms with van der Waals surface area (Å²) in [6.45, 7) is 4.52. The third-order valence-electron chi connectivity index (χ3n) is 2.68. The SMILES string of the molecule is CCCCN(c1cccn1C)S(=O)(=O)CCC. The summed E-state index contributed by atoms with van der Waals surface area (Å²) in [5, 5.41) is 0. The highest BCUT2D eigenvalue weighted by atomic mass is 32.2. The summed E-state index contributed by atoms with van der Waals surface area (Å²) in [5.41, 5.74) is 0. The average Bonchev–Trinajstić information content (AvgIpc) is 2.65. The minimum absolute atomic E-state index is 0.210. The molecule has 0 saturated heterocycles. The van der Waals surface area contributed by atoms with E-state index in [1.165, 1.54) is 0 Å². The van der Waals surface area contributed by atoms with Crippen molar-refractivity contribution in [3.05, 3.63) is 18.3 Å². The van der Waals surface area contributed by atoms with Gasteiger partial charge in [0.15, 0.2) is 0 Å². The molecule has 0 bridgehead atoms. The molecule has 5 heteroatoms. The molecular weight excluding hydrogens is 236 g/mol. The zero-order chi connectivity index (χ0) is 12.9. The summed E-state index contributed by atoms with van der Waals surface area (Å²) in [6.07, 6.45) is 4.39. The van der Waals surface area contributed by atoms with Crippen LogP contribution in [-0.4, -0.2) is 25.3 Å². The normalized spacial score (nSPS) is 11.7. The maximum atomic E-state index is 12.2. The number of sulfonamides is 1. The standard InChI is InChI=1S/C12H22N2O2S/c1-4-6-10-14(17(15,16)11-5-2)12-8-7-9-13(12)3/h7-9H,4-6,10-11H2,1-3H3. The first-order valence-corrected chi connectivity index (χ1v) is 7.75. The van der Waals surface area contributed by atoms with Crippen LogP contribution in [-0.2, 0) is 17.1 Å². The van der Waals surface area contributed by atoms with Crippen molar-refractivity contribution in [2.75, 3.05) is 16.6 Å². The maximum Gasteiger partial charge on any atom is 0.236 e.